The van der Waals surface area contributed by atoms with Gasteiger partial charge in [-0.3, -0.25) is 4.79 Å². The summed E-state index contributed by atoms with van der Waals surface area (Å²) in [4.78, 5) is 22.3. The number of hydrogen-bond donors (Lipinski definition) is 1. The number of benzene rings is 2. The fourth-order valence-electron chi connectivity index (χ4n) is 1.82. The van der Waals surface area contributed by atoms with Crippen molar-refractivity contribution in [1.82, 2.24) is 0 Å². The summed E-state index contributed by atoms with van der Waals surface area (Å²) in [6, 6.07) is 11.0. The van der Waals surface area contributed by atoms with E-state index in [1.54, 1.807) is 12.1 Å². The maximum absolute atomic E-state index is 11.4. The number of methoxy groups -OCH3 is 1. The SMILES string of the molecule is COC(=O)c1ccc2cc(CC(=O)S)ccc2c1. The monoisotopic (exact) mass is 260 g/mol. The van der Waals surface area contributed by atoms with Crippen LogP contribution in [0.2, 0.25) is 0 Å². The van der Waals surface area contributed by atoms with Crippen molar-refractivity contribution in [2.75, 3.05) is 7.11 Å². The molecule has 0 atom stereocenters. The van der Waals surface area contributed by atoms with E-state index in [1.807, 2.05) is 24.3 Å². The zero-order valence-corrected chi connectivity index (χ0v) is 10.7. The maximum atomic E-state index is 11.4. The van der Waals surface area contributed by atoms with Crippen molar-refractivity contribution in [2.45, 2.75) is 6.42 Å². The van der Waals surface area contributed by atoms with Gasteiger partial charge in [0.25, 0.3) is 0 Å². The van der Waals surface area contributed by atoms with Crippen LogP contribution in [0.3, 0.4) is 0 Å². The Balaban J connectivity index is 2.41. The second-order valence-electron chi connectivity index (χ2n) is 3.96. The van der Waals surface area contributed by atoms with Gasteiger partial charge in [0, 0.05) is 6.42 Å². The van der Waals surface area contributed by atoms with Crippen LogP contribution in [0.5, 0.6) is 0 Å². The van der Waals surface area contributed by atoms with E-state index < -0.39 is 0 Å². The van der Waals surface area contributed by atoms with Crippen LogP contribution >= 0.6 is 12.6 Å². The molecule has 0 saturated heterocycles. The Labute approximate surface area is 110 Å². The van der Waals surface area contributed by atoms with Crippen molar-refractivity contribution in [2.24, 2.45) is 0 Å². The Morgan fingerprint density at radius 2 is 1.78 bits per heavy atom. The van der Waals surface area contributed by atoms with Gasteiger partial charge in [-0.1, -0.05) is 24.3 Å². The number of carbonyl (C=O) groups is 2. The molecule has 0 heterocycles. The van der Waals surface area contributed by atoms with E-state index in [0.717, 1.165) is 16.3 Å². The summed E-state index contributed by atoms with van der Waals surface area (Å²) in [5.41, 5.74) is 1.43. The molecule has 0 amide bonds. The van der Waals surface area contributed by atoms with Crippen LogP contribution in [0.1, 0.15) is 15.9 Å². The number of hydrogen-bond acceptors (Lipinski definition) is 3. The van der Waals surface area contributed by atoms with Gasteiger partial charge in [-0.15, -0.1) is 12.6 Å². The highest BCUT2D eigenvalue weighted by atomic mass is 32.1. The molecule has 0 aliphatic carbocycles. The van der Waals surface area contributed by atoms with Crippen molar-refractivity contribution in [3.05, 3.63) is 47.5 Å². The summed E-state index contributed by atoms with van der Waals surface area (Å²) in [6.07, 6.45) is 0.303. The largest absolute Gasteiger partial charge is 0.465 e. The minimum Gasteiger partial charge on any atom is -0.465 e. The molecule has 0 aliphatic heterocycles. The Morgan fingerprint density at radius 3 is 2.44 bits per heavy atom. The van der Waals surface area contributed by atoms with Crippen molar-refractivity contribution in [3.63, 3.8) is 0 Å². The number of thiol groups is 1. The Morgan fingerprint density at radius 1 is 1.11 bits per heavy atom. The molecular formula is C14H12O3S. The number of ether oxygens (including phenoxy) is 1. The van der Waals surface area contributed by atoms with Gasteiger partial charge < -0.3 is 4.74 Å². The Kier molecular flexibility index (Phi) is 3.67. The van der Waals surface area contributed by atoms with Gasteiger partial charge >= 0.3 is 5.97 Å². The summed E-state index contributed by atoms with van der Waals surface area (Å²) in [7, 11) is 1.36. The molecule has 0 N–H and O–H groups in total. The highest BCUT2D eigenvalue weighted by Crippen LogP contribution is 2.19. The summed E-state index contributed by atoms with van der Waals surface area (Å²) >= 11 is 3.76. The van der Waals surface area contributed by atoms with Gasteiger partial charge in [0.2, 0.25) is 0 Å². The third kappa shape index (κ3) is 2.71. The van der Waals surface area contributed by atoms with E-state index in [0.29, 0.717) is 12.0 Å². The number of esters is 1. The van der Waals surface area contributed by atoms with Gasteiger partial charge in [-0.2, -0.15) is 0 Å². The van der Waals surface area contributed by atoms with Gasteiger partial charge in [0.15, 0.2) is 5.12 Å². The van der Waals surface area contributed by atoms with Crippen LogP contribution in [0, 0.1) is 0 Å². The van der Waals surface area contributed by atoms with E-state index in [1.165, 1.54) is 7.11 Å². The summed E-state index contributed by atoms with van der Waals surface area (Å²) in [5.74, 6) is -0.355. The lowest BCUT2D eigenvalue weighted by Crippen LogP contribution is -2.00. The van der Waals surface area contributed by atoms with E-state index in [4.69, 9.17) is 0 Å². The maximum Gasteiger partial charge on any atom is 0.337 e. The lowest BCUT2D eigenvalue weighted by molar-refractivity contribution is -0.110. The standard InChI is InChI=1S/C14H12O3S/c1-17-14(16)12-5-4-10-6-9(7-13(15)18)2-3-11(10)8-12/h2-6,8H,7H2,1H3,(H,15,18). The van der Waals surface area contributed by atoms with E-state index in [2.05, 4.69) is 17.4 Å². The molecule has 0 aromatic heterocycles. The van der Waals surface area contributed by atoms with Gasteiger partial charge in [0.05, 0.1) is 12.7 Å². The molecule has 3 nitrogen and oxygen atoms in total. The summed E-state index contributed by atoms with van der Waals surface area (Å²) in [5, 5.41) is 1.75. The number of carbonyl (C=O) groups excluding carboxylic acids is 2. The summed E-state index contributed by atoms with van der Waals surface area (Å²) in [6.45, 7) is 0. The van der Waals surface area contributed by atoms with Crippen LogP contribution in [0.4, 0.5) is 0 Å². The molecule has 2 aromatic carbocycles. The molecular weight excluding hydrogens is 248 g/mol. The lowest BCUT2D eigenvalue weighted by Gasteiger charge is -2.04. The topological polar surface area (TPSA) is 43.4 Å². The molecule has 0 radical (unpaired) electrons. The molecule has 0 unspecified atom stereocenters. The molecule has 2 rings (SSSR count). The van der Waals surface area contributed by atoms with Gasteiger partial charge in [-0.25, -0.2) is 4.79 Å². The highest BCUT2D eigenvalue weighted by molar-refractivity contribution is 7.96. The first-order valence-corrected chi connectivity index (χ1v) is 5.87. The fourth-order valence-corrected chi connectivity index (χ4v) is 2.01. The van der Waals surface area contributed by atoms with Crippen molar-refractivity contribution in [3.8, 4) is 0 Å². The zero-order valence-electron chi connectivity index (χ0n) is 9.84. The molecule has 0 bridgehead atoms. The molecule has 0 aliphatic rings. The molecule has 0 saturated carbocycles. The first-order chi connectivity index (χ1) is 8.60. The smallest absolute Gasteiger partial charge is 0.337 e. The highest BCUT2D eigenvalue weighted by Gasteiger charge is 2.06. The molecule has 2 aromatic rings. The fraction of sp³-hybridized carbons (Fsp3) is 0.143. The van der Waals surface area contributed by atoms with E-state index in [9.17, 15) is 9.59 Å². The summed E-state index contributed by atoms with van der Waals surface area (Å²) < 4.78 is 4.67. The molecule has 92 valence electrons. The Bertz CT molecular complexity index is 619. The van der Waals surface area contributed by atoms with Crippen LogP contribution in [0.15, 0.2) is 36.4 Å². The minimum atomic E-state index is -0.355. The van der Waals surface area contributed by atoms with Gasteiger partial charge in [-0.05, 0) is 28.5 Å². The van der Waals surface area contributed by atoms with Crippen LogP contribution < -0.4 is 0 Å². The predicted molar refractivity (Wildman–Crippen MR) is 73.0 cm³/mol. The molecule has 0 fully saturated rings. The van der Waals surface area contributed by atoms with Crippen LogP contribution in [-0.4, -0.2) is 18.2 Å². The second kappa shape index (κ2) is 5.23. The van der Waals surface area contributed by atoms with Crippen molar-refractivity contribution < 1.29 is 14.3 Å². The third-order valence-electron chi connectivity index (χ3n) is 2.68. The number of rotatable bonds is 3. The lowest BCUT2D eigenvalue weighted by atomic mass is 10.0. The van der Waals surface area contributed by atoms with Crippen molar-refractivity contribution >= 4 is 34.5 Å². The third-order valence-corrected chi connectivity index (χ3v) is 2.84. The Hall–Kier alpha value is -1.81. The van der Waals surface area contributed by atoms with Crippen LogP contribution in [-0.2, 0) is 16.0 Å². The molecule has 18 heavy (non-hydrogen) atoms. The average Bonchev–Trinajstić information content (AvgIpc) is 2.36. The predicted octanol–water partition coefficient (Wildman–Crippen LogP) is 2.63. The first kappa shape index (κ1) is 12.6. The zero-order chi connectivity index (χ0) is 13.1. The number of fused-ring (bicyclic) bond motifs is 1. The molecule has 0 spiro atoms. The average molecular weight is 260 g/mol. The molecule has 4 heteroatoms. The van der Waals surface area contributed by atoms with E-state index in [-0.39, 0.29) is 11.1 Å². The van der Waals surface area contributed by atoms with Crippen molar-refractivity contribution in [1.29, 1.82) is 0 Å². The van der Waals surface area contributed by atoms with E-state index >= 15 is 0 Å². The second-order valence-corrected chi connectivity index (χ2v) is 4.46. The first-order valence-electron chi connectivity index (χ1n) is 5.43. The quantitative estimate of drug-likeness (QED) is 0.681. The normalized spacial score (nSPS) is 10.3. The van der Waals surface area contributed by atoms with Crippen LogP contribution in [0.25, 0.3) is 10.8 Å². The van der Waals surface area contributed by atoms with Gasteiger partial charge in [0.1, 0.15) is 0 Å². The minimum absolute atomic E-state index is 0.166.